The minimum Gasteiger partial charge on any atom is -0.311 e. The van der Waals surface area contributed by atoms with Gasteiger partial charge in [-0.2, -0.15) is 5.10 Å². The second kappa shape index (κ2) is 6.07. The van der Waals surface area contributed by atoms with Crippen LogP contribution in [0.4, 0.5) is 0 Å². The molecule has 0 aliphatic heterocycles. The number of hydrogen-bond acceptors (Lipinski definition) is 2. The van der Waals surface area contributed by atoms with Crippen molar-refractivity contribution >= 4 is 11.6 Å². The van der Waals surface area contributed by atoms with Gasteiger partial charge >= 0.3 is 0 Å². The Morgan fingerprint density at radius 1 is 1.33 bits per heavy atom. The lowest BCUT2D eigenvalue weighted by Crippen LogP contribution is -2.30. The first-order valence-corrected chi connectivity index (χ1v) is 7.43. The highest BCUT2D eigenvalue weighted by Crippen LogP contribution is 2.37. The van der Waals surface area contributed by atoms with Gasteiger partial charge in [0.05, 0.1) is 23.0 Å². The average molecular weight is 270 g/mol. The molecule has 1 aromatic heterocycles. The van der Waals surface area contributed by atoms with Gasteiger partial charge in [0.15, 0.2) is 0 Å². The fraction of sp³-hybridized carbons (Fsp3) is 0.786. The molecule has 0 bridgehead atoms. The van der Waals surface area contributed by atoms with Crippen LogP contribution in [0.15, 0.2) is 6.20 Å². The summed E-state index contributed by atoms with van der Waals surface area (Å²) in [7, 11) is 2.03. The van der Waals surface area contributed by atoms with E-state index in [9.17, 15) is 0 Å². The van der Waals surface area contributed by atoms with Gasteiger partial charge in [0, 0.05) is 6.04 Å². The van der Waals surface area contributed by atoms with Gasteiger partial charge in [0.2, 0.25) is 0 Å². The lowest BCUT2D eigenvalue weighted by atomic mass is 9.82. The summed E-state index contributed by atoms with van der Waals surface area (Å²) in [5.41, 5.74) is 1.17. The van der Waals surface area contributed by atoms with Gasteiger partial charge in [-0.15, -0.1) is 0 Å². The van der Waals surface area contributed by atoms with Gasteiger partial charge in [0.25, 0.3) is 0 Å². The number of rotatable bonds is 4. The van der Waals surface area contributed by atoms with E-state index in [4.69, 9.17) is 11.6 Å². The van der Waals surface area contributed by atoms with Gasteiger partial charge < -0.3 is 5.32 Å². The SMILES string of the molecule is CNC(c1c(Cl)cnn1C(C)C)C1CCCCC1. The predicted molar refractivity (Wildman–Crippen MR) is 76.0 cm³/mol. The van der Waals surface area contributed by atoms with Gasteiger partial charge in [-0.1, -0.05) is 30.9 Å². The van der Waals surface area contributed by atoms with Crippen molar-refractivity contribution in [3.63, 3.8) is 0 Å². The maximum absolute atomic E-state index is 6.36. The van der Waals surface area contributed by atoms with Gasteiger partial charge in [0.1, 0.15) is 0 Å². The van der Waals surface area contributed by atoms with E-state index in [0.717, 1.165) is 5.02 Å². The largest absolute Gasteiger partial charge is 0.311 e. The molecule has 1 aliphatic rings. The monoisotopic (exact) mass is 269 g/mol. The molecule has 0 amide bonds. The number of nitrogens with zero attached hydrogens (tertiary/aromatic N) is 2. The number of hydrogen-bond donors (Lipinski definition) is 1. The molecular formula is C14H24ClN3. The molecule has 0 saturated heterocycles. The molecule has 0 aromatic carbocycles. The summed E-state index contributed by atoms with van der Waals surface area (Å²) < 4.78 is 2.07. The van der Waals surface area contributed by atoms with Crippen LogP contribution in [0, 0.1) is 5.92 Å². The Labute approximate surface area is 115 Å². The minimum atomic E-state index is 0.336. The van der Waals surface area contributed by atoms with Crippen LogP contribution in [0.3, 0.4) is 0 Å². The highest BCUT2D eigenvalue weighted by molar-refractivity contribution is 6.31. The van der Waals surface area contributed by atoms with Crippen LogP contribution in [0.5, 0.6) is 0 Å². The zero-order valence-corrected chi connectivity index (χ0v) is 12.4. The Bertz CT molecular complexity index is 380. The van der Waals surface area contributed by atoms with E-state index in [2.05, 4.69) is 28.9 Å². The first-order valence-electron chi connectivity index (χ1n) is 7.05. The van der Waals surface area contributed by atoms with E-state index in [0.29, 0.717) is 18.0 Å². The van der Waals surface area contributed by atoms with E-state index in [1.165, 1.54) is 37.8 Å². The third-order valence-electron chi connectivity index (χ3n) is 4.00. The molecule has 1 saturated carbocycles. The summed E-state index contributed by atoms with van der Waals surface area (Å²) in [5, 5.41) is 8.69. The van der Waals surface area contributed by atoms with Crippen LogP contribution < -0.4 is 5.32 Å². The van der Waals surface area contributed by atoms with E-state index >= 15 is 0 Å². The Morgan fingerprint density at radius 3 is 2.56 bits per heavy atom. The highest BCUT2D eigenvalue weighted by Gasteiger charge is 2.29. The first kappa shape index (κ1) is 13.9. The Balaban J connectivity index is 2.28. The quantitative estimate of drug-likeness (QED) is 0.897. The number of nitrogens with one attached hydrogen (secondary N) is 1. The molecule has 1 unspecified atom stereocenters. The van der Waals surface area contributed by atoms with Crippen LogP contribution in [0.2, 0.25) is 5.02 Å². The minimum absolute atomic E-state index is 0.336. The molecule has 1 fully saturated rings. The molecule has 1 N–H and O–H groups in total. The van der Waals surface area contributed by atoms with Gasteiger partial charge in [-0.3, -0.25) is 4.68 Å². The fourth-order valence-electron chi connectivity index (χ4n) is 3.12. The van der Waals surface area contributed by atoms with E-state index in [-0.39, 0.29) is 0 Å². The smallest absolute Gasteiger partial charge is 0.0834 e. The van der Waals surface area contributed by atoms with E-state index in [1.807, 2.05) is 7.05 Å². The fourth-order valence-corrected chi connectivity index (χ4v) is 3.36. The molecule has 18 heavy (non-hydrogen) atoms. The summed E-state index contributed by atoms with van der Waals surface area (Å²) in [5.74, 6) is 0.690. The highest BCUT2D eigenvalue weighted by atomic mass is 35.5. The summed E-state index contributed by atoms with van der Waals surface area (Å²) in [6.45, 7) is 4.31. The van der Waals surface area contributed by atoms with Crippen LogP contribution in [-0.4, -0.2) is 16.8 Å². The number of aromatic nitrogens is 2. The summed E-state index contributed by atoms with van der Waals surface area (Å²) in [6.07, 6.45) is 8.44. The molecule has 4 heteroatoms. The molecule has 3 nitrogen and oxygen atoms in total. The third-order valence-corrected chi connectivity index (χ3v) is 4.29. The Morgan fingerprint density at radius 2 is 2.00 bits per heavy atom. The Hall–Kier alpha value is -0.540. The predicted octanol–water partition coefficient (Wildman–Crippen LogP) is 3.96. The van der Waals surface area contributed by atoms with Crippen LogP contribution in [0.25, 0.3) is 0 Å². The van der Waals surface area contributed by atoms with Crippen LogP contribution >= 0.6 is 11.6 Å². The van der Waals surface area contributed by atoms with Gasteiger partial charge in [-0.25, -0.2) is 0 Å². The van der Waals surface area contributed by atoms with Gasteiger partial charge in [-0.05, 0) is 39.7 Å². The third kappa shape index (κ3) is 2.72. The molecule has 1 aliphatic carbocycles. The van der Waals surface area contributed by atoms with Crippen LogP contribution in [-0.2, 0) is 0 Å². The van der Waals surface area contributed by atoms with Crippen LogP contribution in [0.1, 0.15) is 63.7 Å². The normalized spacial score (nSPS) is 19.4. The lowest BCUT2D eigenvalue weighted by molar-refractivity contribution is 0.268. The molecule has 1 atom stereocenters. The Kier molecular flexibility index (Phi) is 4.68. The maximum atomic E-state index is 6.36. The lowest BCUT2D eigenvalue weighted by Gasteiger charge is -2.31. The van der Waals surface area contributed by atoms with Crippen molar-refractivity contribution in [2.75, 3.05) is 7.05 Å². The second-order valence-corrected chi connectivity index (χ2v) is 5.99. The van der Waals surface area contributed by atoms with E-state index in [1.54, 1.807) is 6.20 Å². The average Bonchev–Trinajstić information content (AvgIpc) is 2.74. The summed E-state index contributed by atoms with van der Waals surface area (Å²) in [4.78, 5) is 0. The van der Waals surface area contributed by atoms with Crippen molar-refractivity contribution in [1.29, 1.82) is 0 Å². The molecule has 0 radical (unpaired) electrons. The van der Waals surface area contributed by atoms with Crippen molar-refractivity contribution in [3.8, 4) is 0 Å². The molecule has 102 valence electrons. The van der Waals surface area contributed by atoms with Crippen molar-refractivity contribution in [3.05, 3.63) is 16.9 Å². The van der Waals surface area contributed by atoms with Crippen molar-refractivity contribution < 1.29 is 0 Å². The molecule has 1 heterocycles. The summed E-state index contributed by atoms with van der Waals surface area (Å²) in [6, 6.07) is 0.689. The zero-order valence-electron chi connectivity index (χ0n) is 11.6. The first-order chi connectivity index (χ1) is 8.65. The standard InChI is InChI=1S/C14H24ClN3/c1-10(2)18-14(12(15)9-17-18)13(16-3)11-7-5-4-6-8-11/h9-11,13,16H,4-8H2,1-3H3. The zero-order chi connectivity index (χ0) is 13.1. The molecular weight excluding hydrogens is 246 g/mol. The molecule has 2 rings (SSSR count). The van der Waals surface area contributed by atoms with Crippen molar-refractivity contribution in [2.24, 2.45) is 5.92 Å². The van der Waals surface area contributed by atoms with Crippen molar-refractivity contribution in [1.82, 2.24) is 15.1 Å². The maximum Gasteiger partial charge on any atom is 0.0834 e. The second-order valence-electron chi connectivity index (χ2n) is 5.58. The topological polar surface area (TPSA) is 29.9 Å². The summed E-state index contributed by atoms with van der Waals surface area (Å²) >= 11 is 6.36. The molecule has 1 aromatic rings. The number of halogens is 1. The van der Waals surface area contributed by atoms with Crippen molar-refractivity contribution in [2.45, 2.75) is 58.0 Å². The van der Waals surface area contributed by atoms with E-state index < -0.39 is 0 Å². The molecule has 0 spiro atoms.